The van der Waals surface area contributed by atoms with Gasteiger partial charge < -0.3 is 5.11 Å². The van der Waals surface area contributed by atoms with Gasteiger partial charge in [0.05, 0.1) is 0 Å². The monoisotopic (exact) mass is 342 g/mol. The number of fused-ring (bicyclic) bond motifs is 1. The summed E-state index contributed by atoms with van der Waals surface area (Å²) in [5, 5.41) is 8.56. The minimum atomic E-state index is -0.715. The lowest BCUT2D eigenvalue weighted by molar-refractivity contribution is -0.137. The molecule has 0 unspecified atom stereocenters. The van der Waals surface area contributed by atoms with E-state index in [0.717, 1.165) is 51.4 Å². The first-order valence-electron chi connectivity index (χ1n) is 9.20. The summed E-state index contributed by atoms with van der Waals surface area (Å²) >= 11 is 0. The summed E-state index contributed by atoms with van der Waals surface area (Å²) in [5.41, 5.74) is 1.68. The Labute approximate surface area is 148 Å². The van der Waals surface area contributed by atoms with Gasteiger partial charge in [-0.1, -0.05) is 62.8 Å². The summed E-state index contributed by atoms with van der Waals surface area (Å²) in [6.07, 6.45) is 10.6. The Kier molecular flexibility index (Phi) is 7.58. The van der Waals surface area contributed by atoms with Crippen LogP contribution < -0.4 is 0 Å². The van der Waals surface area contributed by atoms with Crippen molar-refractivity contribution < 1.29 is 19.5 Å². The van der Waals surface area contributed by atoms with Crippen molar-refractivity contribution in [3.05, 3.63) is 47.0 Å². The van der Waals surface area contributed by atoms with Gasteiger partial charge in [-0.25, -0.2) is 0 Å². The van der Waals surface area contributed by atoms with Crippen LogP contribution >= 0.6 is 0 Å². The van der Waals surface area contributed by atoms with E-state index in [4.69, 9.17) is 5.11 Å². The Morgan fingerprint density at radius 3 is 2.00 bits per heavy atom. The second-order valence-corrected chi connectivity index (χ2v) is 6.63. The zero-order chi connectivity index (χ0) is 18.1. The summed E-state index contributed by atoms with van der Waals surface area (Å²) in [5.74, 6) is -0.784. The topological polar surface area (TPSA) is 71.4 Å². The number of rotatable bonds is 11. The molecule has 0 atom stereocenters. The van der Waals surface area contributed by atoms with Crippen LogP contribution in [-0.2, 0) is 4.79 Å². The van der Waals surface area contributed by atoms with Gasteiger partial charge >= 0.3 is 5.97 Å². The van der Waals surface area contributed by atoms with Crippen LogP contribution in [0.5, 0.6) is 0 Å². The first-order chi connectivity index (χ1) is 12.1. The number of aliphatic carboxylic acids is 1. The molecule has 4 heteroatoms. The second kappa shape index (κ2) is 9.92. The SMILES string of the molecule is O=C(O)CCCCCCCCCCC1=CC(=O)c2ccccc2C1=O. The number of carbonyl (C=O) groups is 3. The summed E-state index contributed by atoms with van der Waals surface area (Å²) in [6.45, 7) is 0. The van der Waals surface area contributed by atoms with Crippen LogP contribution in [0, 0.1) is 0 Å². The molecule has 4 nitrogen and oxygen atoms in total. The summed E-state index contributed by atoms with van der Waals surface area (Å²) < 4.78 is 0. The Hall–Kier alpha value is -2.23. The van der Waals surface area contributed by atoms with Gasteiger partial charge in [0.1, 0.15) is 0 Å². The highest BCUT2D eigenvalue weighted by molar-refractivity contribution is 6.24. The Morgan fingerprint density at radius 1 is 0.800 bits per heavy atom. The molecule has 0 heterocycles. The van der Waals surface area contributed by atoms with Crippen molar-refractivity contribution >= 4 is 17.5 Å². The summed E-state index contributed by atoms with van der Waals surface area (Å²) in [4.78, 5) is 34.9. The highest BCUT2D eigenvalue weighted by Crippen LogP contribution is 2.24. The maximum atomic E-state index is 12.4. The molecule has 0 fully saturated rings. The van der Waals surface area contributed by atoms with E-state index in [1.165, 1.54) is 6.08 Å². The predicted molar refractivity (Wildman–Crippen MR) is 97.0 cm³/mol. The molecule has 1 aliphatic rings. The lowest BCUT2D eigenvalue weighted by atomic mass is 9.87. The fourth-order valence-electron chi connectivity index (χ4n) is 3.21. The number of allylic oxidation sites excluding steroid dienone is 2. The van der Waals surface area contributed by atoms with Crippen molar-refractivity contribution in [2.45, 2.75) is 64.2 Å². The van der Waals surface area contributed by atoms with Crippen LogP contribution in [0.1, 0.15) is 84.9 Å². The van der Waals surface area contributed by atoms with Gasteiger partial charge in [-0.15, -0.1) is 0 Å². The number of unbranched alkanes of at least 4 members (excludes halogenated alkanes) is 7. The molecule has 0 saturated heterocycles. The molecule has 1 aliphatic carbocycles. The number of Topliss-reactive ketones (excluding diaryl/α,β-unsaturated/α-hetero) is 1. The van der Waals surface area contributed by atoms with E-state index in [-0.39, 0.29) is 18.0 Å². The number of carbonyl (C=O) groups excluding carboxylic acids is 2. The van der Waals surface area contributed by atoms with Crippen molar-refractivity contribution in [2.75, 3.05) is 0 Å². The Bertz CT molecular complexity index is 658. The van der Waals surface area contributed by atoms with Crippen LogP contribution in [-0.4, -0.2) is 22.6 Å². The first kappa shape index (κ1) is 19.1. The summed E-state index contributed by atoms with van der Waals surface area (Å²) in [6, 6.07) is 7.01. The average molecular weight is 342 g/mol. The minimum Gasteiger partial charge on any atom is -0.481 e. The molecule has 0 aliphatic heterocycles. The van der Waals surface area contributed by atoms with E-state index in [0.29, 0.717) is 23.1 Å². The van der Waals surface area contributed by atoms with Crippen LogP contribution in [0.15, 0.2) is 35.9 Å². The van der Waals surface area contributed by atoms with Crippen molar-refractivity contribution in [2.24, 2.45) is 0 Å². The molecular formula is C21H26O4. The minimum absolute atomic E-state index is 0.00590. The van der Waals surface area contributed by atoms with Gasteiger partial charge in [0.25, 0.3) is 0 Å². The van der Waals surface area contributed by atoms with E-state index >= 15 is 0 Å². The van der Waals surface area contributed by atoms with E-state index < -0.39 is 5.97 Å². The number of ketones is 2. The third kappa shape index (κ3) is 5.96. The normalized spacial score (nSPS) is 13.5. The standard InChI is InChI=1S/C21H26O4/c22-19-15-16(21(25)18-13-10-9-12-17(18)19)11-7-5-3-1-2-4-6-8-14-20(23)24/h9-10,12-13,15H,1-8,11,14H2,(H,23,24). The number of hydrogen-bond donors (Lipinski definition) is 1. The van der Waals surface area contributed by atoms with Crippen molar-refractivity contribution in [3.8, 4) is 0 Å². The molecule has 1 aromatic rings. The van der Waals surface area contributed by atoms with Crippen LogP contribution in [0.3, 0.4) is 0 Å². The molecule has 0 saturated carbocycles. The Morgan fingerprint density at radius 2 is 1.36 bits per heavy atom. The maximum absolute atomic E-state index is 12.4. The quantitative estimate of drug-likeness (QED) is 0.576. The fourth-order valence-corrected chi connectivity index (χ4v) is 3.21. The molecule has 1 N–H and O–H groups in total. The molecule has 0 amide bonds. The average Bonchev–Trinajstić information content (AvgIpc) is 2.60. The highest BCUT2D eigenvalue weighted by Gasteiger charge is 2.24. The van der Waals surface area contributed by atoms with Crippen LogP contribution in [0.4, 0.5) is 0 Å². The van der Waals surface area contributed by atoms with Crippen molar-refractivity contribution in [1.82, 2.24) is 0 Å². The third-order valence-corrected chi connectivity index (χ3v) is 4.62. The predicted octanol–water partition coefficient (Wildman–Crippen LogP) is 4.98. The van der Waals surface area contributed by atoms with Gasteiger partial charge in [0, 0.05) is 23.1 Å². The largest absolute Gasteiger partial charge is 0.481 e. The molecule has 25 heavy (non-hydrogen) atoms. The number of carboxylic acid groups (broad SMARTS) is 1. The van der Waals surface area contributed by atoms with E-state index in [9.17, 15) is 14.4 Å². The van der Waals surface area contributed by atoms with Gasteiger partial charge in [-0.2, -0.15) is 0 Å². The second-order valence-electron chi connectivity index (χ2n) is 6.63. The number of carboxylic acids is 1. The van der Waals surface area contributed by atoms with Crippen LogP contribution in [0.2, 0.25) is 0 Å². The fraction of sp³-hybridized carbons (Fsp3) is 0.476. The van der Waals surface area contributed by atoms with Crippen molar-refractivity contribution in [3.63, 3.8) is 0 Å². The smallest absolute Gasteiger partial charge is 0.303 e. The molecule has 2 rings (SSSR count). The number of benzene rings is 1. The van der Waals surface area contributed by atoms with E-state index in [1.54, 1.807) is 24.3 Å². The molecule has 1 aromatic carbocycles. The highest BCUT2D eigenvalue weighted by atomic mass is 16.4. The van der Waals surface area contributed by atoms with Crippen LogP contribution in [0.25, 0.3) is 0 Å². The van der Waals surface area contributed by atoms with E-state index in [2.05, 4.69) is 0 Å². The molecule has 0 spiro atoms. The zero-order valence-corrected chi connectivity index (χ0v) is 14.6. The first-order valence-corrected chi connectivity index (χ1v) is 9.20. The summed E-state index contributed by atoms with van der Waals surface area (Å²) in [7, 11) is 0. The Balaban J connectivity index is 1.61. The number of hydrogen-bond acceptors (Lipinski definition) is 3. The lowest BCUT2D eigenvalue weighted by Crippen LogP contribution is -2.16. The molecule has 0 radical (unpaired) electrons. The van der Waals surface area contributed by atoms with Crippen molar-refractivity contribution in [1.29, 1.82) is 0 Å². The lowest BCUT2D eigenvalue weighted by Gasteiger charge is -2.14. The zero-order valence-electron chi connectivity index (χ0n) is 14.6. The van der Waals surface area contributed by atoms with E-state index in [1.807, 2.05) is 0 Å². The van der Waals surface area contributed by atoms with Gasteiger partial charge in [0.2, 0.25) is 0 Å². The molecule has 134 valence electrons. The maximum Gasteiger partial charge on any atom is 0.303 e. The molecule has 0 bridgehead atoms. The van der Waals surface area contributed by atoms with Gasteiger partial charge in [0.15, 0.2) is 11.6 Å². The van der Waals surface area contributed by atoms with Gasteiger partial charge in [-0.05, 0) is 25.3 Å². The van der Waals surface area contributed by atoms with Gasteiger partial charge in [-0.3, -0.25) is 14.4 Å². The molecular weight excluding hydrogens is 316 g/mol. The molecule has 0 aromatic heterocycles. The third-order valence-electron chi connectivity index (χ3n) is 4.62.